The number of hydrogen-bond donors (Lipinski definition) is 2. The van der Waals surface area contributed by atoms with Gasteiger partial charge in [0.2, 0.25) is 0 Å². The predicted octanol–water partition coefficient (Wildman–Crippen LogP) is 3.76. The second-order valence-electron chi connectivity index (χ2n) is 5.43. The molecule has 3 rings (SSSR count). The monoisotopic (exact) mass is 402 g/mol. The summed E-state index contributed by atoms with van der Waals surface area (Å²) < 4.78 is 30.1. The minimum absolute atomic E-state index is 0.0571. The third kappa shape index (κ3) is 4.85. The van der Waals surface area contributed by atoms with E-state index in [9.17, 15) is 13.2 Å². The first-order valence-electron chi connectivity index (χ1n) is 7.85. The van der Waals surface area contributed by atoms with Crippen molar-refractivity contribution < 1.29 is 17.9 Å². The molecule has 0 fully saturated rings. The van der Waals surface area contributed by atoms with E-state index < -0.39 is 15.9 Å². The van der Waals surface area contributed by atoms with Crippen LogP contribution in [0.25, 0.3) is 0 Å². The summed E-state index contributed by atoms with van der Waals surface area (Å²) in [5, 5.41) is 0.0571. The van der Waals surface area contributed by atoms with Crippen molar-refractivity contribution in [3.05, 3.63) is 89.4 Å². The van der Waals surface area contributed by atoms with Gasteiger partial charge in [-0.05, 0) is 48.5 Å². The first-order chi connectivity index (χ1) is 13.0. The molecule has 0 aromatic heterocycles. The third-order valence-electron chi connectivity index (χ3n) is 3.52. The molecule has 0 saturated heterocycles. The second kappa shape index (κ2) is 8.22. The van der Waals surface area contributed by atoms with E-state index in [1.54, 1.807) is 18.2 Å². The van der Waals surface area contributed by atoms with Gasteiger partial charge in [0, 0.05) is 5.56 Å². The molecule has 27 heavy (non-hydrogen) atoms. The van der Waals surface area contributed by atoms with Crippen LogP contribution in [-0.2, 0) is 10.0 Å². The van der Waals surface area contributed by atoms with Crippen molar-refractivity contribution in [2.75, 3.05) is 0 Å². The average molecular weight is 403 g/mol. The van der Waals surface area contributed by atoms with Gasteiger partial charge < -0.3 is 4.74 Å². The van der Waals surface area contributed by atoms with E-state index in [1.165, 1.54) is 30.3 Å². The predicted molar refractivity (Wildman–Crippen MR) is 102 cm³/mol. The topological polar surface area (TPSA) is 84.5 Å². The maximum atomic E-state index is 12.2. The van der Waals surface area contributed by atoms with Gasteiger partial charge in [-0.3, -0.25) is 10.2 Å². The van der Waals surface area contributed by atoms with Crippen LogP contribution < -0.4 is 15.0 Å². The summed E-state index contributed by atoms with van der Waals surface area (Å²) in [7, 11) is -3.98. The van der Waals surface area contributed by atoms with Crippen LogP contribution in [0.3, 0.4) is 0 Å². The third-order valence-corrected chi connectivity index (χ3v) is 5.27. The summed E-state index contributed by atoms with van der Waals surface area (Å²) in [4.78, 5) is 14.1. The van der Waals surface area contributed by atoms with Gasteiger partial charge in [-0.15, -0.1) is 4.83 Å². The first kappa shape index (κ1) is 18.9. The molecule has 0 radical (unpaired) electrons. The zero-order chi connectivity index (χ0) is 19.3. The zero-order valence-electron chi connectivity index (χ0n) is 13.9. The van der Waals surface area contributed by atoms with Crippen molar-refractivity contribution in [2.45, 2.75) is 4.90 Å². The highest BCUT2D eigenvalue weighted by Crippen LogP contribution is 2.21. The van der Waals surface area contributed by atoms with Crippen molar-refractivity contribution in [2.24, 2.45) is 0 Å². The first-order valence-corrected chi connectivity index (χ1v) is 9.71. The van der Waals surface area contributed by atoms with Crippen LogP contribution in [0.15, 0.2) is 83.8 Å². The van der Waals surface area contributed by atoms with E-state index in [4.69, 9.17) is 16.3 Å². The Balaban J connectivity index is 1.64. The van der Waals surface area contributed by atoms with Crippen molar-refractivity contribution in [3.8, 4) is 11.5 Å². The number of nitrogens with one attached hydrogen (secondary N) is 2. The van der Waals surface area contributed by atoms with Gasteiger partial charge in [-0.1, -0.05) is 41.9 Å². The maximum Gasteiger partial charge on any atom is 0.266 e. The van der Waals surface area contributed by atoms with Crippen LogP contribution >= 0.6 is 11.6 Å². The number of hydrazine groups is 1. The number of para-hydroxylation sites is 1. The van der Waals surface area contributed by atoms with E-state index in [0.29, 0.717) is 11.5 Å². The quantitative estimate of drug-likeness (QED) is 0.615. The minimum Gasteiger partial charge on any atom is -0.457 e. The van der Waals surface area contributed by atoms with Gasteiger partial charge in [0.25, 0.3) is 15.9 Å². The lowest BCUT2D eigenvalue weighted by Gasteiger charge is -2.10. The molecule has 3 aromatic rings. The standard InChI is InChI=1S/C19H15ClN2O4S/c20-17-8-4-5-9-18(17)27(24,25)22-21-19(23)14-10-12-16(13-11-14)26-15-6-2-1-3-7-15/h1-13,22H,(H,21,23). The molecule has 8 heteroatoms. The van der Waals surface area contributed by atoms with Crippen LogP contribution in [0, 0.1) is 0 Å². The van der Waals surface area contributed by atoms with Gasteiger partial charge >= 0.3 is 0 Å². The van der Waals surface area contributed by atoms with E-state index in [0.717, 1.165) is 0 Å². The summed E-state index contributed by atoms with van der Waals surface area (Å²) in [5.74, 6) is 0.605. The summed E-state index contributed by atoms with van der Waals surface area (Å²) in [6.45, 7) is 0. The van der Waals surface area contributed by atoms with Crippen molar-refractivity contribution in [1.82, 2.24) is 10.3 Å². The number of hydrogen-bond acceptors (Lipinski definition) is 4. The summed E-state index contributed by atoms with van der Waals surface area (Å²) in [6.07, 6.45) is 0. The molecule has 3 aromatic carbocycles. The summed E-state index contributed by atoms with van der Waals surface area (Å²) >= 11 is 5.88. The Labute approximate surface area is 161 Å². The summed E-state index contributed by atoms with van der Waals surface area (Å²) in [5.41, 5.74) is 2.42. The number of carbonyl (C=O) groups excluding carboxylic acids is 1. The van der Waals surface area contributed by atoms with Gasteiger partial charge in [0.15, 0.2) is 0 Å². The highest BCUT2D eigenvalue weighted by molar-refractivity contribution is 7.89. The fraction of sp³-hybridized carbons (Fsp3) is 0. The van der Waals surface area contributed by atoms with Crippen LogP contribution in [0.1, 0.15) is 10.4 Å². The molecule has 2 N–H and O–H groups in total. The van der Waals surface area contributed by atoms with Crippen LogP contribution in [-0.4, -0.2) is 14.3 Å². The average Bonchev–Trinajstić information content (AvgIpc) is 2.68. The second-order valence-corrected chi connectivity index (χ2v) is 7.49. The van der Waals surface area contributed by atoms with E-state index >= 15 is 0 Å². The molecule has 6 nitrogen and oxygen atoms in total. The number of benzene rings is 3. The number of ether oxygens (including phenoxy) is 1. The Hall–Kier alpha value is -2.87. The number of halogens is 1. The molecule has 0 unspecified atom stereocenters. The van der Waals surface area contributed by atoms with Gasteiger partial charge in [-0.2, -0.15) is 0 Å². The zero-order valence-corrected chi connectivity index (χ0v) is 15.5. The van der Waals surface area contributed by atoms with Gasteiger partial charge in [0.1, 0.15) is 16.4 Å². The fourth-order valence-corrected chi connectivity index (χ4v) is 3.56. The highest BCUT2D eigenvalue weighted by atomic mass is 35.5. The number of sulfonamides is 1. The van der Waals surface area contributed by atoms with Crippen molar-refractivity contribution in [1.29, 1.82) is 0 Å². The molecule has 0 aliphatic carbocycles. The maximum absolute atomic E-state index is 12.2. The molecule has 0 heterocycles. The molecule has 1 amide bonds. The largest absolute Gasteiger partial charge is 0.457 e. The van der Waals surface area contributed by atoms with Crippen LogP contribution in [0.5, 0.6) is 11.5 Å². The Morgan fingerprint density at radius 1 is 0.815 bits per heavy atom. The van der Waals surface area contributed by atoms with E-state index in [-0.39, 0.29) is 15.5 Å². The molecular weight excluding hydrogens is 388 g/mol. The summed E-state index contributed by atoms with van der Waals surface area (Å²) in [6, 6.07) is 21.4. The van der Waals surface area contributed by atoms with Gasteiger partial charge in [0.05, 0.1) is 5.02 Å². The van der Waals surface area contributed by atoms with Gasteiger partial charge in [-0.25, -0.2) is 8.42 Å². The Morgan fingerprint density at radius 3 is 2.07 bits per heavy atom. The number of amides is 1. The van der Waals surface area contributed by atoms with Crippen LogP contribution in [0.2, 0.25) is 5.02 Å². The molecule has 0 spiro atoms. The molecular formula is C19H15ClN2O4S. The molecule has 0 aliphatic heterocycles. The van der Waals surface area contributed by atoms with Crippen molar-refractivity contribution >= 4 is 27.5 Å². The van der Waals surface area contributed by atoms with Crippen molar-refractivity contribution in [3.63, 3.8) is 0 Å². The Morgan fingerprint density at radius 2 is 1.41 bits per heavy atom. The molecule has 0 aliphatic rings. The smallest absolute Gasteiger partial charge is 0.266 e. The SMILES string of the molecule is O=C(NNS(=O)(=O)c1ccccc1Cl)c1ccc(Oc2ccccc2)cc1. The molecule has 0 bridgehead atoms. The van der Waals surface area contributed by atoms with Crippen LogP contribution in [0.4, 0.5) is 0 Å². The molecule has 138 valence electrons. The fourth-order valence-electron chi connectivity index (χ4n) is 2.20. The lowest BCUT2D eigenvalue weighted by molar-refractivity contribution is 0.0945. The molecule has 0 saturated carbocycles. The van der Waals surface area contributed by atoms with E-state index in [2.05, 4.69) is 5.43 Å². The highest BCUT2D eigenvalue weighted by Gasteiger charge is 2.18. The minimum atomic E-state index is -3.98. The van der Waals surface area contributed by atoms with E-state index in [1.807, 2.05) is 35.2 Å². The lowest BCUT2D eigenvalue weighted by Crippen LogP contribution is -2.41. The number of rotatable bonds is 6. The lowest BCUT2D eigenvalue weighted by atomic mass is 10.2. The number of carbonyl (C=O) groups is 1. The Kier molecular flexibility index (Phi) is 5.75. The molecule has 0 atom stereocenters. The normalized spacial score (nSPS) is 11.0. The Bertz CT molecular complexity index is 1040.